The molecule has 0 aliphatic heterocycles. The Morgan fingerprint density at radius 2 is 1.84 bits per heavy atom. The van der Waals surface area contributed by atoms with Gasteiger partial charge in [0.1, 0.15) is 0 Å². The summed E-state index contributed by atoms with van der Waals surface area (Å²) in [6, 6.07) is 3.23. The number of Topliss-reactive ketones (excluding diaryl/α,β-unsaturated/α-hetero) is 1. The van der Waals surface area contributed by atoms with Crippen molar-refractivity contribution in [2.45, 2.75) is 46.2 Å². The quantitative estimate of drug-likeness (QED) is 0.735. The van der Waals surface area contributed by atoms with Crippen LogP contribution in [0.3, 0.4) is 0 Å². The van der Waals surface area contributed by atoms with Gasteiger partial charge in [0, 0.05) is 11.6 Å². The van der Waals surface area contributed by atoms with E-state index in [-0.39, 0.29) is 23.4 Å². The molecule has 2 nitrogen and oxygen atoms in total. The Morgan fingerprint density at radius 3 is 2.32 bits per heavy atom. The van der Waals surface area contributed by atoms with Crippen LogP contribution >= 0.6 is 0 Å². The van der Waals surface area contributed by atoms with Crippen molar-refractivity contribution < 1.29 is 13.6 Å². The summed E-state index contributed by atoms with van der Waals surface area (Å²) < 4.78 is 26.0. The monoisotopic (exact) mass is 269 g/mol. The first kappa shape index (κ1) is 15.8. The van der Waals surface area contributed by atoms with E-state index in [1.54, 1.807) is 6.92 Å². The molecular weight excluding hydrogens is 248 g/mol. The zero-order valence-electron chi connectivity index (χ0n) is 11.9. The minimum atomic E-state index is -0.982. The number of hydrogen-bond donors (Lipinski definition) is 0. The fourth-order valence-electron chi connectivity index (χ4n) is 2.24. The van der Waals surface area contributed by atoms with Crippen LogP contribution in [-0.4, -0.2) is 29.3 Å². The van der Waals surface area contributed by atoms with Crippen LogP contribution in [0.4, 0.5) is 8.78 Å². The molecule has 0 heterocycles. The summed E-state index contributed by atoms with van der Waals surface area (Å²) in [7, 11) is 0. The molecule has 0 fully saturated rings. The highest BCUT2D eigenvalue weighted by Gasteiger charge is 2.25. The van der Waals surface area contributed by atoms with Crippen molar-refractivity contribution in [3.05, 3.63) is 35.4 Å². The maximum absolute atomic E-state index is 13.2. The Morgan fingerprint density at radius 1 is 1.21 bits per heavy atom. The van der Waals surface area contributed by atoms with Crippen LogP contribution in [0, 0.1) is 11.6 Å². The molecule has 0 aromatic heterocycles. The first-order valence-corrected chi connectivity index (χ1v) is 6.67. The van der Waals surface area contributed by atoms with E-state index < -0.39 is 11.6 Å². The molecule has 2 atom stereocenters. The van der Waals surface area contributed by atoms with Crippen LogP contribution in [0.25, 0.3) is 0 Å². The number of nitrogens with zero attached hydrogens (tertiary/aromatic N) is 1. The molecule has 1 aromatic rings. The lowest BCUT2D eigenvalue weighted by atomic mass is 10.0. The third-order valence-corrected chi connectivity index (χ3v) is 3.60. The van der Waals surface area contributed by atoms with Gasteiger partial charge < -0.3 is 0 Å². The molecule has 0 bridgehead atoms. The predicted molar refractivity (Wildman–Crippen MR) is 72.3 cm³/mol. The highest BCUT2D eigenvalue weighted by molar-refractivity contribution is 5.99. The second kappa shape index (κ2) is 6.75. The number of ketones is 1. The molecule has 106 valence electrons. The molecule has 1 aromatic carbocycles. The minimum Gasteiger partial charge on any atom is -0.292 e. The maximum atomic E-state index is 13.2. The Balaban J connectivity index is 2.94. The van der Waals surface area contributed by atoms with Crippen molar-refractivity contribution in [2.75, 3.05) is 6.54 Å². The summed E-state index contributed by atoms with van der Waals surface area (Å²) in [5.41, 5.74) is 0.216. The molecule has 2 unspecified atom stereocenters. The third kappa shape index (κ3) is 3.60. The van der Waals surface area contributed by atoms with Gasteiger partial charge in [-0.15, -0.1) is 0 Å². The van der Waals surface area contributed by atoms with Crippen LogP contribution < -0.4 is 0 Å². The standard InChI is InChI=1S/C15H21F2NO/c1-5-10(3)18(6-2)11(4)15(19)12-7-8-13(16)14(17)9-12/h7-11H,5-6H2,1-4H3. The smallest absolute Gasteiger partial charge is 0.179 e. The number of rotatable bonds is 6. The number of carbonyl (C=O) groups excluding carboxylic acids is 1. The third-order valence-electron chi connectivity index (χ3n) is 3.60. The summed E-state index contributed by atoms with van der Waals surface area (Å²) in [6.45, 7) is 8.65. The highest BCUT2D eigenvalue weighted by atomic mass is 19.2. The molecule has 4 heteroatoms. The molecule has 0 aliphatic rings. The van der Waals surface area contributed by atoms with Crippen molar-refractivity contribution in [1.82, 2.24) is 4.90 Å². The van der Waals surface area contributed by atoms with Crippen molar-refractivity contribution in [2.24, 2.45) is 0 Å². The lowest BCUT2D eigenvalue weighted by Gasteiger charge is -2.32. The minimum absolute atomic E-state index is 0.180. The molecule has 19 heavy (non-hydrogen) atoms. The number of halogens is 2. The number of likely N-dealkylation sites (N-methyl/N-ethyl adjacent to an activating group) is 1. The van der Waals surface area contributed by atoms with Gasteiger partial charge in [-0.3, -0.25) is 9.69 Å². The zero-order chi connectivity index (χ0) is 14.6. The molecule has 0 amide bonds. The SMILES string of the molecule is CCC(C)N(CC)C(C)C(=O)c1ccc(F)c(F)c1. The van der Waals surface area contributed by atoms with Crippen molar-refractivity contribution in [3.8, 4) is 0 Å². The zero-order valence-corrected chi connectivity index (χ0v) is 11.9. The van der Waals surface area contributed by atoms with Gasteiger partial charge in [0.2, 0.25) is 0 Å². The van der Waals surface area contributed by atoms with E-state index in [4.69, 9.17) is 0 Å². The van der Waals surface area contributed by atoms with Crippen molar-refractivity contribution in [3.63, 3.8) is 0 Å². The average molecular weight is 269 g/mol. The molecule has 0 spiro atoms. The molecule has 1 rings (SSSR count). The van der Waals surface area contributed by atoms with Crippen molar-refractivity contribution >= 4 is 5.78 Å². The van der Waals surface area contributed by atoms with Crippen LogP contribution in [-0.2, 0) is 0 Å². The van der Waals surface area contributed by atoms with Gasteiger partial charge in [-0.25, -0.2) is 8.78 Å². The van der Waals surface area contributed by atoms with E-state index in [0.29, 0.717) is 0 Å². The van der Waals surface area contributed by atoms with E-state index in [2.05, 4.69) is 18.7 Å². The summed E-state index contributed by atoms with van der Waals surface area (Å²) in [4.78, 5) is 14.4. The van der Waals surface area contributed by atoms with E-state index in [9.17, 15) is 13.6 Å². The Hall–Kier alpha value is -1.29. The summed E-state index contributed by atoms with van der Waals surface area (Å²) >= 11 is 0. The number of benzene rings is 1. The molecule has 0 aliphatic carbocycles. The van der Waals surface area contributed by atoms with Gasteiger partial charge >= 0.3 is 0 Å². The highest BCUT2D eigenvalue weighted by Crippen LogP contribution is 2.16. The number of carbonyl (C=O) groups is 1. The predicted octanol–water partition coefficient (Wildman–Crippen LogP) is 3.66. The average Bonchev–Trinajstić information content (AvgIpc) is 2.41. The number of hydrogen-bond acceptors (Lipinski definition) is 2. The summed E-state index contributed by atoms with van der Waals surface area (Å²) in [5.74, 6) is -2.09. The van der Waals surface area contributed by atoms with Crippen LogP contribution in [0.15, 0.2) is 18.2 Å². The molecular formula is C15H21F2NO. The van der Waals surface area contributed by atoms with Gasteiger partial charge in [0.05, 0.1) is 6.04 Å². The Bertz CT molecular complexity index is 448. The van der Waals surface area contributed by atoms with Crippen LogP contribution in [0.5, 0.6) is 0 Å². The van der Waals surface area contributed by atoms with Gasteiger partial charge in [0.15, 0.2) is 17.4 Å². The second-order valence-corrected chi connectivity index (χ2v) is 4.76. The Labute approximate surface area is 113 Å². The first-order valence-electron chi connectivity index (χ1n) is 6.67. The van der Waals surface area contributed by atoms with Gasteiger partial charge in [-0.2, -0.15) is 0 Å². The summed E-state index contributed by atoms with van der Waals surface area (Å²) in [6.07, 6.45) is 0.934. The van der Waals surface area contributed by atoms with Gasteiger partial charge in [-0.1, -0.05) is 13.8 Å². The fraction of sp³-hybridized carbons (Fsp3) is 0.533. The Kier molecular flexibility index (Phi) is 5.60. The lowest BCUT2D eigenvalue weighted by molar-refractivity contribution is 0.0782. The lowest BCUT2D eigenvalue weighted by Crippen LogP contribution is -2.44. The van der Waals surface area contributed by atoms with Crippen molar-refractivity contribution in [1.29, 1.82) is 0 Å². The van der Waals surface area contributed by atoms with E-state index in [1.807, 2.05) is 6.92 Å². The second-order valence-electron chi connectivity index (χ2n) is 4.76. The maximum Gasteiger partial charge on any atom is 0.179 e. The molecule has 0 saturated carbocycles. The fourth-order valence-corrected chi connectivity index (χ4v) is 2.24. The molecule has 0 radical (unpaired) electrons. The van der Waals surface area contributed by atoms with Crippen LogP contribution in [0.2, 0.25) is 0 Å². The van der Waals surface area contributed by atoms with Crippen LogP contribution in [0.1, 0.15) is 44.5 Å². The van der Waals surface area contributed by atoms with E-state index in [0.717, 1.165) is 25.1 Å². The topological polar surface area (TPSA) is 20.3 Å². The van der Waals surface area contributed by atoms with Gasteiger partial charge in [-0.05, 0) is 45.0 Å². The first-order chi connectivity index (χ1) is 8.92. The summed E-state index contributed by atoms with van der Waals surface area (Å²) in [5, 5.41) is 0. The normalized spacial score (nSPS) is 14.5. The van der Waals surface area contributed by atoms with E-state index in [1.165, 1.54) is 6.07 Å². The molecule has 0 N–H and O–H groups in total. The largest absolute Gasteiger partial charge is 0.292 e. The van der Waals surface area contributed by atoms with Gasteiger partial charge in [0.25, 0.3) is 0 Å². The van der Waals surface area contributed by atoms with E-state index >= 15 is 0 Å². The molecule has 0 saturated heterocycles.